The Morgan fingerprint density at radius 3 is 2.93 bits per heavy atom. The fourth-order valence-corrected chi connectivity index (χ4v) is 1.34. The molecular weight excluding hydrogens is 192 g/mol. The van der Waals surface area contributed by atoms with Gasteiger partial charge in [0.1, 0.15) is 5.56 Å². The number of hydrogen-bond acceptors (Lipinski definition) is 3. The van der Waals surface area contributed by atoms with Crippen LogP contribution < -0.4 is 11.1 Å². The Labute approximate surface area is 88.7 Å². The summed E-state index contributed by atoms with van der Waals surface area (Å²) in [6, 6.07) is 0.0451. The van der Waals surface area contributed by atoms with Crippen molar-refractivity contribution >= 4 is 11.7 Å². The topological polar surface area (TPSA) is 83.8 Å². The maximum absolute atomic E-state index is 11.7. The first kappa shape index (κ1) is 11.3. The molecule has 0 aliphatic rings. The standard InChI is InChI=1S/C10H16N4O/c1-4-5-6(2)12-10(15)8-7(3)13-14-9(8)11/h4,6H,1,5H2,2-3H3,(H,12,15)(H3,11,13,14). The van der Waals surface area contributed by atoms with Crippen LogP contribution in [0.25, 0.3) is 0 Å². The Morgan fingerprint density at radius 2 is 2.47 bits per heavy atom. The van der Waals surface area contributed by atoms with Crippen LogP contribution in [0.1, 0.15) is 29.4 Å². The molecule has 0 radical (unpaired) electrons. The second-order valence-corrected chi connectivity index (χ2v) is 3.51. The van der Waals surface area contributed by atoms with Crippen LogP contribution in [0.5, 0.6) is 0 Å². The molecule has 0 spiro atoms. The first-order valence-electron chi connectivity index (χ1n) is 4.78. The lowest BCUT2D eigenvalue weighted by molar-refractivity contribution is 0.0941. The third kappa shape index (κ3) is 2.59. The Bertz CT molecular complexity index is 350. The normalized spacial score (nSPS) is 12.1. The maximum Gasteiger partial charge on any atom is 0.257 e. The van der Waals surface area contributed by atoms with Crippen LogP contribution in [-0.2, 0) is 0 Å². The minimum Gasteiger partial charge on any atom is -0.382 e. The number of anilines is 1. The molecular formula is C10H16N4O. The van der Waals surface area contributed by atoms with Crippen molar-refractivity contribution in [2.24, 2.45) is 0 Å². The van der Waals surface area contributed by atoms with Gasteiger partial charge in [-0.2, -0.15) is 5.10 Å². The molecule has 0 aromatic carbocycles. The first-order chi connectivity index (χ1) is 7.06. The van der Waals surface area contributed by atoms with Gasteiger partial charge in [-0.1, -0.05) is 6.08 Å². The van der Waals surface area contributed by atoms with Crippen molar-refractivity contribution in [1.82, 2.24) is 15.5 Å². The Kier molecular flexibility index (Phi) is 3.49. The van der Waals surface area contributed by atoms with Crippen LogP contribution in [0.15, 0.2) is 12.7 Å². The van der Waals surface area contributed by atoms with Crippen molar-refractivity contribution in [3.05, 3.63) is 23.9 Å². The number of nitrogen functional groups attached to an aromatic ring is 1. The highest BCUT2D eigenvalue weighted by Crippen LogP contribution is 2.12. The van der Waals surface area contributed by atoms with Crippen LogP contribution in [0.3, 0.4) is 0 Å². The largest absolute Gasteiger partial charge is 0.382 e. The van der Waals surface area contributed by atoms with E-state index in [-0.39, 0.29) is 17.8 Å². The van der Waals surface area contributed by atoms with E-state index in [1.807, 2.05) is 6.92 Å². The molecule has 5 heteroatoms. The van der Waals surface area contributed by atoms with Crippen LogP contribution in [0.4, 0.5) is 5.82 Å². The Hall–Kier alpha value is -1.78. The predicted octanol–water partition coefficient (Wildman–Crippen LogP) is 0.995. The van der Waals surface area contributed by atoms with Crippen molar-refractivity contribution in [3.8, 4) is 0 Å². The third-order valence-corrected chi connectivity index (χ3v) is 2.10. The summed E-state index contributed by atoms with van der Waals surface area (Å²) in [7, 11) is 0. The summed E-state index contributed by atoms with van der Waals surface area (Å²) in [5, 5.41) is 9.24. The average molecular weight is 208 g/mol. The van der Waals surface area contributed by atoms with E-state index in [9.17, 15) is 4.79 Å². The second kappa shape index (κ2) is 4.63. The molecule has 0 fully saturated rings. The third-order valence-electron chi connectivity index (χ3n) is 2.10. The maximum atomic E-state index is 11.7. The Morgan fingerprint density at radius 1 is 1.80 bits per heavy atom. The number of aromatic amines is 1. The van der Waals surface area contributed by atoms with Gasteiger partial charge in [0.2, 0.25) is 0 Å². The summed E-state index contributed by atoms with van der Waals surface area (Å²) in [5.41, 5.74) is 6.67. The summed E-state index contributed by atoms with van der Waals surface area (Å²) in [6.45, 7) is 7.28. The van der Waals surface area contributed by atoms with Gasteiger partial charge >= 0.3 is 0 Å². The second-order valence-electron chi connectivity index (χ2n) is 3.51. The molecule has 0 bridgehead atoms. The van der Waals surface area contributed by atoms with Gasteiger partial charge in [-0.25, -0.2) is 0 Å². The molecule has 1 atom stereocenters. The van der Waals surface area contributed by atoms with Crippen LogP contribution in [0.2, 0.25) is 0 Å². The van der Waals surface area contributed by atoms with Crippen LogP contribution in [0, 0.1) is 6.92 Å². The molecule has 0 aliphatic heterocycles. The smallest absolute Gasteiger partial charge is 0.257 e. The zero-order valence-electron chi connectivity index (χ0n) is 9.00. The van der Waals surface area contributed by atoms with Gasteiger partial charge in [0.15, 0.2) is 5.82 Å². The Balaban J connectivity index is 2.73. The molecule has 0 saturated carbocycles. The number of rotatable bonds is 4. The summed E-state index contributed by atoms with van der Waals surface area (Å²) >= 11 is 0. The monoisotopic (exact) mass is 208 g/mol. The van der Waals surface area contributed by atoms with Crippen molar-refractivity contribution in [2.45, 2.75) is 26.3 Å². The molecule has 4 N–H and O–H groups in total. The van der Waals surface area contributed by atoms with E-state index in [2.05, 4.69) is 22.1 Å². The van der Waals surface area contributed by atoms with E-state index in [1.54, 1.807) is 13.0 Å². The highest BCUT2D eigenvalue weighted by atomic mass is 16.1. The highest BCUT2D eigenvalue weighted by Gasteiger charge is 2.17. The van der Waals surface area contributed by atoms with Gasteiger partial charge in [0, 0.05) is 11.7 Å². The van der Waals surface area contributed by atoms with E-state index < -0.39 is 0 Å². The van der Waals surface area contributed by atoms with Crippen molar-refractivity contribution < 1.29 is 4.79 Å². The molecule has 15 heavy (non-hydrogen) atoms. The number of carbonyl (C=O) groups excluding carboxylic acids is 1. The van der Waals surface area contributed by atoms with Crippen LogP contribution >= 0.6 is 0 Å². The van der Waals surface area contributed by atoms with E-state index >= 15 is 0 Å². The quantitative estimate of drug-likeness (QED) is 0.645. The van der Waals surface area contributed by atoms with Gasteiger partial charge < -0.3 is 11.1 Å². The zero-order chi connectivity index (χ0) is 11.4. The predicted molar refractivity (Wildman–Crippen MR) is 59.5 cm³/mol. The fraction of sp³-hybridized carbons (Fsp3) is 0.400. The minimum atomic E-state index is -0.201. The molecule has 1 amide bonds. The molecule has 5 nitrogen and oxygen atoms in total. The SMILES string of the molecule is C=CCC(C)NC(=O)c1c(N)n[nH]c1C. The van der Waals surface area contributed by atoms with Gasteiger partial charge in [-0.15, -0.1) is 6.58 Å². The number of aryl methyl sites for hydroxylation is 1. The summed E-state index contributed by atoms with van der Waals surface area (Å²) in [4.78, 5) is 11.7. The number of H-pyrrole nitrogens is 1. The number of aromatic nitrogens is 2. The van der Waals surface area contributed by atoms with E-state index in [1.165, 1.54) is 0 Å². The lowest BCUT2D eigenvalue weighted by atomic mass is 10.2. The van der Waals surface area contributed by atoms with E-state index in [4.69, 9.17) is 5.73 Å². The van der Waals surface area contributed by atoms with E-state index in [0.29, 0.717) is 11.3 Å². The fourth-order valence-electron chi connectivity index (χ4n) is 1.34. The van der Waals surface area contributed by atoms with Crippen molar-refractivity contribution in [2.75, 3.05) is 5.73 Å². The molecule has 0 aliphatic carbocycles. The van der Waals surface area contributed by atoms with Gasteiger partial charge in [0.05, 0.1) is 0 Å². The number of nitrogens with zero attached hydrogens (tertiary/aromatic N) is 1. The number of nitrogens with two attached hydrogens (primary N) is 1. The highest BCUT2D eigenvalue weighted by molar-refractivity contribution is 5.99. The molecule has 0 saturated heterocycles. The molecule has 1 rings (SSSR count). The van der Waals surface area contributed by atoms with Gasteiger partial charge in [0.25, 0.3) is 5.91 Å². The number of carbonyl (C=O) groups is 1. The molecule has 1 aromatic rings. The zero-order valence-corrected chi connectivity index (χ0v) is 9.00. The first-order valence-corrected chi connectivity index (χ1v) is 4.78. The average Bonchev–Trinajstić information content (AvgIpc) is 2.46. The number of nitrogens with one attached hydrogen (secondary N) is 2. The van der Waals surface area contributed by atoms with Crippen molar-refractivity contribution in [3.63, 3.8) is 0 Å². The summed E-state index contributed by atoms with van der Waals surface area (Å²) < 4.78 is 0. The minimum absolute atomic E-state index is 0.0451. The summed E-state index contributed by atoms with van der Waals surface area (Å²) in [6.07, 6.45) is 2.49. The molecule has 1 aromatic heterocycles. The number of amides is 1. The number of hydrogen-bond donors (Lipinski definition) is 3. The van der Waals surface area contributed by atoms with Gasteiger partial charge in [-0.3, -0.25) is 9.89 Å². The van der Waals surface area contributed by atoms with E-state index in [0.717, 1.165) is 6.42 Å². The lowest BCUT2D eigenvalue weighted by Gasteiger charge is -2.11. The molecule has 82 valence electrons. The van der Waals surface area contributed by atoms with Crippen molar-refractivity contribution in [1.29, 1.82) is 0 Å². The molecule has 1 heterocycles. The molecule has 1 unspecified atom stereocenters. The van der Waals surface area contributed by atoms with Gasteiger partial charge in [-0.05, 0) is 20.3 Å². The van der Waals surface area contributed by atoms with Crippen LogP contribution in [-0.4, -0.2) is 22.1 Å². The lowest BCUT2D eigenvalue weighted by Crippen LogP contribution is -2.32. The summed E-state index contributed by atoms with van der Waals surface area (Å²) in [5.74, 6) is 0.0314.